The van der Waals surface area contributed by atoms with Crippen molar-refractivity contribution in [3.8, 4) is 5.75 Å². The maximum atomic E-state index is 13.6. The number of H-pyrrole nitrogens is 1. The molecule has 96 valence electrons. The minimum absolute atomic E-state index is 0.0826. The number of nitrogens with one attached hydrogen (secondary N) is 1. The number of halogens is 1. The Morgan fingerprint density at radius 1 is 1.50 bits per heavy atom. The molecular formula is C12H13FN2O3. The van der Waals surface area contributed by atoms with Gasteiger partial charge in [-0.05, 0) is 13.0 Å². The predicted molar refractivity (Wildman–Crippen MR) is 65.2 cm³/mol. The summed E-state index contributed by atoms with van der Waals surface area (Å²) in [6, 6.07) is 2.65. The van der Waals surface area contributed by atoms with Crippen molar-refractivity contribution in [2.24, 2.45) is 0 Å². The first-order chi connectivity index (χ1) is 8.58. The van der Waals surface area contributed by atoms with Crippen molar-refractivity contribution in [2.75, 3.05) is 19.5 Å². The Morgan fingerprint density at radius 3 is 2.83 bits per heavy atom. The first-order valence-electron chi connectivity index (χ1n) is 5.40. The van der Waals surface area contributed by atoms with Crippen LogP contribution in [0.15, 0.2) is 12.1 Å². The maximum Gasteiger partial charge on any atom is 0.342 e. The second-order valence-corrected chi connectivity index (χ2v) is 3.67. The zero-order chi connectivity index (χ0) is 13.3. The molecule has 3 N–H and O–H groups in total. The lowest BCUT2D eigenvalue weighted by molar-refractivity contribution is 0.0530. The lowest BCUT2D eigenvalue weighted by atomic mass is 10.1. The van der Waals surface area contributed by atoms with Gasteiger partial charge in [0.15, 0.2) is 11.6 Å². The quantitative estimate of drug-likeness (QED) is 0.820. The van der Waals surface area contributed by atoms with Gasteiger partial charge in [-0.1, -0.05) is 0 Å². The molecule has 0 radical (unpaired) electrons. The van der Waals surface area contributed by atoms with Crippen molar-refractivity contribution in [3.05, 3.63) is 23.5 Å². The van der Waals surface area contributed by atoms with Crippen LogP contribution in [-0.2, 0) is 4.74 Å². The molecule has 0 unspecified atom stereocenters. The van der Waals surface area contributed by atoms with Crippen molar-refractivity contribution < 1.29 is 18.7 Å². The highest BCUT2D eigenvalue weighted by molar-refractivity contribution is 6.09. The normalized spacial score (nSPS) is 10.6. The molecule has 0 fully saturated rings. The number of methoxy groups -OCH3 is 1. The van der Waals surface area contributed by atoms with Crippen molar-refractivity contribution in [2.45, 2.75) is 6.92 Å². The number of hydrogen-bond donors (Lipinski definition) is 2. The van der Waals surface area contributed by atoms with Gasteiger partial charge in [-0.25, -0.2) is 9.18 Å². The van der Waals surface area contributed by atoms with E-state index in [-0.39, 0.29) is 23.7 Å². The van der Waals surface area contributed by atoms with Crippen LogP contribution in [0.25, 0.3) is 10.9 Å². The third kappa shape index (κ3) is 1.85. The molecule has 0 atom stereocenters. The Morgan fingerprint density at radius 2 is 2.22 bits per heavy atom. The second kappa shape index (κ2) is 4.56. The summed E-state index contributed by atoms with van der Waals surface area (Å²) in [6.45, 7) is 1.91. The summed E-state index contributed by atoms with van der Waals surface area (Å²) in [5.74, 6) is -0.907. The molecule has 2 rings (SSSR count). The minimum Gasteiger partial charge on any atom is -0.494 e. The van der Waals surface area contributed by atoms with Crippen LogP contribution in [0.4, 0.5) is 10.2 Å². The molecule has 18 heavy (non-hydrogen) atoms. The van der Waals surface area contributed by atoms with E-state index in [2.05, 4.69) is 4.98 Å². The molecule has 0 amide bonds. The number of aromatic nitrogens is 1. The van der Waals surface area contributed by atoms with E-state index in [1.54, 1.807) is 6.92 Å². The Labute approximate surface area is 103 Å². The first kappa shape index (κ1) is 12.2. The first-order valence-corrected chi connectivity index (χ1v) is 5.40. The maximum absolute atomic E-state index is 13.6. The Hall–Kier alpha value is -2.24. The van der Waals surface area contributed by atoms with Crippen molar-refractivity contribution in [3.63, 3.8) is 0 Å². The van der Waals surface area contributed by atoms with Gasteiger partial charge < -0.3 is 20.2 Å². The largest absolute Gasteiger partial charge is 0.494 e. The fourth-order valence-electron chi connectivity index (χ4n) is 1.80. The number of nitrogens with two attached hydrogens (primary N) is 1. The molecule has 0 aliphatic carbocycles. The van der Waals surface area contributed by atoms with Crippen LogP contribution in [-0.4, -0.2) is 24.7 Å². The summed E-state index contributed by atoms with van der Waals surface area (Å²) in [4.78, 5) is 14.5. The van der Waals surface area contributed by atoms with Crippen LogP contribution < -0.4 is 10.5 Å². The number of ether oxygens (including phenoxy) is 2. The number of rotatable bonds is 3. The molecule has 6 heteroatoms. The molecule has 0 spiro atoms. The van der Waals surface area contributed by atoms with Gasteiger partial charge in [-0.3, -0.25) is 0 Å². The zero-order valence-electron chi connectivity index (χ0n) is 10.0. The standard InChI is InChI=1S/C12H13FN2O3/c1-3-18-12(16)10-6-4-7(13)9(17-2)5-8(6)15-11(10)14/h4-5,15H,3,14H2,1-2H3. The van der Waals surface area contributed by atoms with Crippen molar-refractivity contribution in [1.82, 2.24) is 4.98 Å². The SMILES string of the molecule is CCOC(=O)c1c(N)[nH]c2cc(OC)c(F)cc12. The Balaban J connectivity index is 2.64. The number of carbonyl (C=O) groups excluding carboxylic acids is 1. The van der Waals surface area contributed by atoms with Crippen LogP contribution in [0, 0.1) is 5.82 Å². The zero-order valence-corrected chi connectivity index (χ0v) is 10.0. The second-order valence-electron chi connectivity index (χ2n) is 3.67. The molecule has 1 heterocycles. The molecule has 0 saturated carbocycles. The lowest BCUT2D eigenvalue weighted by Crippen LogP contribution is -2.06. The molecule has 5 nitrogen and oxygen atoms in total. The van der Waals surface area contributed by atoms with Gasteiger partial charge in [0.1, 0.15) is 11.4 Å². The van der Waals surface area contributed by atoms with Crippen LogP contribution in [0.3, 0.4) is 0 Å². The van der Waals surface area contributed by atoms with E-state index in [0.717, 1.165) is 0 Å². The summed E-state index contributed by atoms with van der Waals surface area (Å²) in [7, 11) is 1.36. The number of aromatic amines is 1. The number of carbonyl (C=O) groups is 1. The van der Waals surface area contributed by atoms with E-state index in [4.69, 9.17) is 15.2 Å². The van der Waals surface area contributed by atoms with E-state index < -0.39 is 11.8 Å². The highest BCUT2D eigenvalue weighted by Crippen LogP contribution is 2.30. The number of esters is 1. The average molecular weight is 252 g/mol. The van der Waals surface area contributed by atoms with Gasteiger partial charge in [0.05, 0.1) is 19.2 Å². The molecular weight excluding hydrogens is 239 g/mol. The van der Waals surface area contributed by atoms with Gasteiger partial charge >= 0.3 is 5.97 Å². The average Bonchev–Trinajstić information content (AvgIpc) is 2.63. The number of hydrogen-bond acceptors (Lipinski definition) is 4. The monoisotopic (exact) mass is 252 g/mol. The summed E-state index contributed by atoms with van der Waals surface area (Å²) in [5, 5.41) is 0.379. The van der Waals surface area contributed by atoms with Crippen molar-refractivity contribution >= 4 is 22.7 Å². The Kier molecular flexibility index (Phi) is 3.10. The minimum atomic E-state index is -0.578. The number of benzene rings is 1. The summed E-state index contributed by atoms with van der Waals surface area (Å²) >= 11 is 0. The van der Waals surface area contributed by atoms with Gasteiger partial charge in [0.2, 0.25) is 0 Å². The number of nitrogen functional groups attached to an aromatic ring is 1. The molecule has 0 aliphatic rings. The molecule has 0 saturated heterocycles. The highest BCUT2D eigenvalue weighted by Gasteiger charge is 2.20. The molecule has 1 aromatic heterocycles. The van der Waals surface area contributed by atoms with Gasteiger partial charge in [-0.15, -0.1) is 0 Å². The summed E-state index contributed by atoms with van der Waals surface area (Å²) in [6.07, 6.45) is 0. The summed E-state index contributed by atoms with van der Waals surface area (Å²) in [5.41, 5.74) is 6.38. The van der Waals surface area contributed by atoms with E-state index >= 15 is 0 Å². The molecule has 2 aromatic rings. The van der Waals surface area contributed by atoms with Crippen LogP contribution in [0.2, 0.25) is 0 Å². The van der Waals surface area contributed by atoms with Gasteiger partial charge in [-0.2, -0.15) is 0 Å². The molecule has 0 bridgehead atoms. The van der Waals surface area contributed by atoms with Crippen LogP contribution >= 0.6 is 0 Å². The van der Waals surface area contributed by atoms with Crippen molar-refractivity contribution in [1.29, 1.82) is 0 Å². The van der Waals surface area contributed by atoms with Gasteiger partial charge in [0, 0.05) is 11.5 Å². The third-order valence-corrected chi connectivity index (χ3v) is 2.58. The fraction of sp³-hybridized carbons (Fsp3) is 0.250. The van der Waals surface area contributed by atoms with E-state index in [1.165, 1.54) is 19.2 Å². The fourth-order valence-corrected chi connectivity index (χ4v) is 1.80. The summed E-state index contributed by atoms with van der Waals surface area (Å²) < 4.78 is 23.4. The van der Waals surface area contributed by atoms with Gasteiger partial charge in [0.25, 0.3) is 0 Å². The van der Waals surface area contributed by atoms with Crippen LogP contribution in [0.1, 0.15) is 17.3 Å². The highest BCUT2D eigenvalue weighted by atomic mass is 19.1. The predicted octanol–water partition coefficient (Wildman–Crippen LogP) is 2.07. The third-order valence-electron chi connectivity index (χ3n) is 2.58. The van der Waals surface area contributed by atoms with Crippen LogP contribution in [0.5, 0.6) is 5.75 Å². The molecule has 0 aliphatic heterocycles. The van der Waals surface area contributed by atoms with E-state index in [0.29, 0.717) is 10.9 Å². The smallest absolute Gasteiger partial charge is 0.342 e. The number of fused-ring (bicyclic) bond motifs is 1. The molecule has 1 aromatic carbocycles. The lowest BCUT2D eigenvalue weighted by Gasteiger charge is -2.03. The number of anilines is 1. The topological polar surface area (TPSA) is 77.3 Å². The van der Waals surface area contributed by atoms with E-state index in [1.807, 2.05) is 0 Å². The van der Waals surface area contributed by atoms with E-state index in [9.17, 15) is 9.18 Å². The Bertz CT molecular complexity index is 607.